The molecule has 0 spiro atoms. The number of hydrogen-bond donors (Lipinski definition) is 2. The predicted molar refractivity (Wildman–Crippen MR) is 62.3 cm³/mol. The lowest BCUT2D eigenvalue weighted by atomic mass is 10.2. The van der Waals surface area contributed by atoms with Crippen LogP contribution in [-0.2, 0) is 0 Å². The van der Waals surface area contributed by atoms with Crippen molar-refractivity contribution < 1.29 is 10.0 Å². The average Bonchev–Trinajstić information content (AvgIpc) is 2.32. The van der Waals surface area contributed by atoms with Crippen LogP contribution in [0.1, 0.15) is 0 Å². The van der Waals surface area contributed by atoms with Crippen LogP contribution in [-0.4, -0.2) is 15.0 Å². The monoisotopic (exact) mass is 231 g/mol. The molecular formula is C11H9N3O3. The number of anilines is 2. The van der Waals surface area contributed by atoms with Crippen LogP contribution in [0.2, 0.25) is 0 Å². The number of phenols is 1. The molecule has 6 heteroatoms. The Kier molecular flexibility index (Phi) is 2.87. The van der Waals surface area contributed by atoms with Crippen LogP contribution in [0.5, 0.6) is 5.75 Å². The topological polar surface area (TPSA) is 88.3 Å². The second kappa shape index (κ2) is 4.48. The molecule has 1 aromatic carbocycles. The van der Waals surface area contributed by atoms with Gasteiger partial charge >= 0.3 is 5.69 Å². The number of rotatable bonds is 3. The molecule has 0 aliphatic heterocycles. The minimum absolute atomic E-state index is 0.0967. The lowest BCUT2D eigenvalue weighted by Crippen LogP contribution is -1.97. The van der Waals surface area contributed by atoms with Crippen molar-refractivity contribution in [1.82, 2.24) is 4.98 Å². The molecule has 2 N–H and O–H groups in total. The van der Waals surface area contributed by atoms with Gasteiger partial charge in [-0.2, -0.15) is 0 Å². The highest BCUT2D eigenvalue weighted by Gasteiger charge is 2.12. The van der Waals surface area contributed by atoms with Crippen molar-refractivity contribution in [2.24, 2.45) is 0 Å². The normalized spacial score (nSPS) is 9.88. The van der Waals surface area contributed by atoms with Crippen molar-refractivity contribution in [3.05, 3.63) is 52.8 Å². The lowest BCUT2D eigenvalue weighted by Gasteiger charge is -2.06. The zero-order valence-electron chi connectivity index (χ0n) is 8.70. The van der Waals surface area contributed by atoms with Gasteiger partial charge in [0.25, 0.3) is 0 Å². The fraction of sp³-hybridized carbons (Fsp3) is 0. The Balaban J connectivity index is 2.30. The summed E-state index contributed by atoms with van der Waals surface area (Å²) in [6.45, 7) is 0. The maximum absolute atomic E-state index is 10.8. The highest BCUT2D eigenvalue weighted by atomic mass is 16.6. The molecule has 1 heterocycles. The van der Waals surface area contributed by atoms with Gasteiger partial charge in [0, 0.05) is 11.9 Å². The van der Waals surface area contributed by atoms with Gasteiger partial charge in [-0.15, -0.1) is 0 Å². The van der Waals surface area contributed by atoms with Crippen LogP contribution in [0.25, 0.3) is 0 Å². The van der Waals surface area contributed by atoms with E-state index in [1.807, 2.05) is 0 Å². The van der Waals surface area contributed by atoms with E-state index in [1.165, 1.54) is 30.6 Å². The minimum Gasteiger partial charge on any atom is -0.508 e. The van der Waals surface area contributed by atoms with Gasteiger partial charge in [0.05, 0.1) is 4.92 Å². The van der Waals surface area contributed by atoms with Gasteiger partial charge in [0.15, 0.2) is 0 Å². The molecule has 0 atom stereocenters. The second-order valence-corrected chi connectivity index (χ2v) is 3.32. The summed E-state index contributed by atoms with van der Waals surface area (Å²) in [6, 6.07) is 7.76. The molecule has 0 saturated heterocycles. The quantitative estimate of drug-likeness (QED) is 0.481. The molecule has 0 radical (unpaired) electrons. The van der Waals surface area contributed by atoms with E-state index in [9.17, 15) is 10.1 Å². The summed E-state index contributed by atoms with van der Waals surface area (Å²) in [5.41, 5.74) is 0.911. The Morgan fingerprint density at radius 2 is 1.94 bits per heavy atom. The van der Waals surface area contributed by atoms with Gasteiger partial charge < -0.3 is 10.4 Å². The Bertz CT molecular complexity index is 540. The first-order valence-electron chi connectivity index (χ1n) is 4.81. The fourth-order valence-corrected chi connectivity index (χ4v) is 1.34. The van der Waals surface area contributed by atoms with Crippen molar-refractivity contribution in [2.45, 2.75) is 0 Å². The SMILES string of the molecule is O=[N+]([O-])c1cnccc1Nc1ccc(O)cc1. The fourth-order valence-electron chi connectivity index (χ4n) is 1.34. The first-order chi connectivity index (χ1) is 8.16. The van der Waals surface area contributed by atoms with Gasteiger partial charge in [-0.1, -0.05) is 0 Å². The number of aromatic nitrogens is 1. The van der Waals surface area contributed by atoms with Crippen molar-refractivity contribution in [3.63, 3.8) is 0 Å². The Hall–Kier alpha value is -2.63. The Morgan fingerprint density at radius 1 is 1.24 bits per heavy atom. The third kappa shape index (κ3) is 2.49. The summed E-state index contributed by atoms with van der Waals surface area (Å²) >= 11 is 0. The average molecular weight is 231 g/mol. The molecule has 0 fully saturated rings. The third-order valence-electron chi connectivity index (χ3n) is 2.14. The first kappa shape index (κ1) is 10.9. The first-order valence-corrected chi connectivity index (χ1v) is 4.81. The van der Waals surface area contributed by atoms with E-state index in [0.717, 1.165) is 0 Å². The summed E-state index contributed by atoms with van der Waals surface area (Å²) in [5, 5.41) is 22.8. The summed E-state index contributed by atoms with van der Waals surface area (Å²) in [7, 11) is 0. The number of hydrogen-bond acceptors (Lipinski definition) is 5. The van der Waals surface area contributed by atoms with Crippen LogP contribution in [0.4, 0.5) is 17.1 Å². The number of nitrogens with zero attached hydrogens (tertiary/aromatic N) is 2. The number of nitro groups is 1. The molecule has 1 aromatic heterocycles. The van der Waals surface area contributed by atoms with E-state index in [0.29, 0.717) is 11.4 Å². The maximum Gasteiger partial charge on any atom is 0.310 e. The predicted octanol–water partition coefficient (Wildman–Crippen LogP) is 2.44. The maximum atomic E-state index is 10.8. The van der Waals surface area contributed by atoms with Gasteiger partial charge in [-0.05, 0) is 30.3 Å². The Morgan fingerprint density at radius 3 is 2.59 bits per heavy atom. The van der Waals surface area contributed by atoms with Gasteiger partial charge in [-0.25, -0.2) is 0 Å². The van der Waals surface area contributed by atoms with E-state index >= 15 is 0 Å². The number of nitrogens with one attached hydrogen (secondary N) is 1. The molecule has 6 nitrogen and oxygen atoms in total. The van der Waals surface area contributed by atoms with Gasteiger partial charge in [-0.3, -0.25) is 15.1 Å². The molecule has 2 rings (SSSR count). The highest BCUT2D eigenvalue weighted by molar-refractivity contribution is 5.68. The Labute approximate surface area is 96.7 Å². The smallest absolute Gasteiger partial charge is 0.310 e. The highest BCUT2D eigenvalue weighted by Crippen LogP contribution is 2.26. The van der Waals surface area contributed by atoms with Crippen LogP contribution >= 0.6 is 0 Å². The molecule has 0 aliphatic carbocycles. The molecular weight excluding hydrogens is 222 g/mol. The molecule has 0 bridgehead atoms. The molecule has 2 aromatic rings. The largest absolute Gasteiger partial charge is 0.508 e. The van der Waals surface area contributed by atoms with E-state index in [1.54, 1.807) is 12.1 Å². The molecule has 17 heavy (non-hydrogen) atoms. The van der Waals surface area contributed by atoms with Crippen LogP contribution in [0.15, 0.2) is 42.7 Å². The molecule has 0 amide bonds. The summed E-state index contributed by atoms with van der Waals surface area (Å²) < 4.78 is 0. The van der Waals surface area contributed by atoms with E-state index in [4.69, 9.17) is 5.11 Å². The summed E-state index contributed by atoms with van der Waals surface area (Å²) in [6.07, 6.45) is 2.65. The summed E-state index contributed by atoms with van der Waals surface area (Å²) in [4.78, 5) is 13.9. The number of benzene rings is 1. The van der Waals surface area contributed by atoms with Crippen LogP contribution in [0, 0.1) is 10.1 Å². The molecule has 86 valence electrons. The standard InChI is InChI=1S/C11H9N3O3/c15-9-3-1-8(2-4-9)13-10-5-6-12-7-11(10)14(16)17/h1-7,15H,(H,12,13). The third-order valence-corrected chi connectivity index (χ3v) is 2.14. The van der Waals surface area contributed by atoms with Crippen molar-refractivity contribution in [1.29, 1.82) is 0 Å². The van der Waals surface area contributed by atoms with Crippen LogP contribution < -0.4 is 5.32 Å². The van der Waals surface area contributed by atoms with Crippen molar-refractivity contribution >= 4 is 17.1 Å². The zero-order chi connectivity index (χ0) is 12.3. The molecule has 0 unspecified atom stereocenters. The van der Waals surface area contributed by atoms with Crippen molar-refractivity contribution in [3.8, 4) is 5.75 Å². The number of pyridine rings is 1. The number of aromatic hydroxyl groups is 1. The van der Waals surface area contributed by atoms with Gasteiger partial charge in [0.1, 0.15) is 17.6 Å². The summed E-state index contributed by atoms with van der Waals surface area (Å²) in [5.74, 6) is 0.139. The van der Waals surface area contributed by atoms with E-state index in [-0.39, 0.29) is 11.4 Å². The second-order valence-electron chi connectivity index (χ2n) is 3.32. The lowest BCUT2D eigenvalue weighted by molar-refractivity contribution is -0.384. The van der Waals surface area contributed by atoms with E-state index in [2.05, 4.69) is 10.3 Å². The van der Waals surface area contributed by atoms with E-state index < -0.39 is 4.92 Å². The van der Waals surface area contributed by atoms with Gasteiger partial charge in [0.2, 0.25) is 0 Å². The minimum atomic E-state index is -0.504. The molecule has 0 aliphatic rings. The van der Waals surface area contributed by atoms with Crippen molar-refractivity contribution in [2.75, 3.05) is 5.32 Å². The zero-order valence-corrected chi connectivity index (χ0v) is 8.70. The number of phenolic OH excluding ortho intramolecular Hbond substituents is 1. The van der Waals surface area contributed by atoms with Crippen LogP contribution in [0.3, 0.4) is 0 Å². The molecule has 0 saturated carbocycles.